The van der Waals surface area contributed by atoms with Gasteiger partial charge in [0.15, 0.2) is 0 Å². The van der Waals surface area contributed by atoms with Gasteiger partial charge < -0.3 is 0 Å². The van der Waals surface area contributed by atoms with Gasteiger partial charge in [0.05, 0.1) is 6.04 Å². The van der Waals surface area contributed by atoms with E-state index >= 15 is 0 Å². The number of hydrogen-bond donors (Lipinski definition) is 2. The van der Waals surface area contributed by atoms with Gasteiger partial charge in [-0.25, -0.2) is 5.43 Å². The normalized spacial score (nSPS) is 12.4. The highest BCUT2D eigenvalue weighted by Gasteiger charge is 2.13. The van der Waals surface area contributed by atoms with Gasteiger partial charge in [0.1, 0.15) is 0 Å². The first-order valence-electron chi connectivity index (χ1n) is 5.90. The first kappa shape index (κ1) is 13.2. The zero-order valence-electron chi connectivity index (χ0n) is 10.2. The van der Waals surface area contributed by atoms with E-state index in [0.717, 1.165) is 22.0 Å². The third-order valence-electron chi connectivity index (χ3n) is 2.92. The van der Waals surface area contributed by atoms with Crippen molar-refractivity contribution in [1.29, 1.82) is 0 Å². The van der Waals surface area contributed by atoms with Crippen LogP contribution in [-0.4, -0.2) is 4.98 Å². The lowest BCUT2D eigenvalue weighted by molar-refractivity contribution is 0.633. The van der Waals surface area contributed by atoms with E-state index in [1.165, 1.54) is 5.56 Å². The molecule has 1 atom stereocenters. The van der Waals surface area contributed by atoms with Crippen LogP contribution in [0.15, 0.2) is 47.2 Å². The monoisotopic (exact) mass is 305 g/mol. The van der Waals surface area contributed by atoms with Crippen molar-refractivity contribution < 1.29 is 0 Å². The zero-order chi connectivity index (χ0) is 13.0. The Balaban J connectivity index is 2.38. The fourth-order valence-electron chi connectivity index (χ4n) is 1.96. The minimum Gasteiger partial charge on any atom is -0.271 e. The molecule has 0 radical (unpaired) electrons. The predicted molar refractivity (Wildman–Crippen MR) is 76.9 cm³/mol. The van der Waals surface area contributed by atoms with Gasteiger partial charge in [-0.05, 0) is 45.1 Å². The molecule has 18 heavy (non-hydrogen) atoms. The van der Waals surface area contributed by atoms with Crippen molar-refractivity contribution >= 4 is 15.9 Å². The van der Waals surface area contributed by atoms with Crippen LogP contribution >= 0.6 is 15.9 Å². The summed E-state index contributed by atoms with van der Waals surface area (Å²) in [5.74, 6) is 5.69. The number of halogens is 1. The van der Waals surface area contributed by atoms with E-state index in [4.69, 9.17) is 5.84 Å². The highest BCUT2D eigenvalue weighted by atomic mass is 79.9. The Labute approximate surface area is 116 Å². The summed E-state index contributed by atoms with van der Waals surface area (Å²) in [5.41, 5.74) is 6.35. The molecule has 2 aromatic rings. The van der Waals surface area contributed by atoms with E-state index in [1.807, 2.05) is 12.3 Å². The van der Waals surface area contributed by atoms with E-state index < -0.39 is 0 Å². The number of pyridine rings is 1. The molecule has 0 saturated carbocycles. The van der Waals surface area contributed by atoms with Crippen LogP contribution in [0, 0.1) is 0 Å². The molecule has 3 N–H and O–H groups in total. The van der Waals surface area contributed by atoms with Gasteiger partial charge in [-0.2, -0.15) is 0 Å². The summed E-state index contributed by atoms with van der Waals surface area (Å²) in [6.45, 7) is 2.14. The SMILES string of the molecule is CCc1cccc(C(NN)c2cncc(Br)c2)c1. The molecule has 1 aromatic heterocycles. The maximum atomic E-state index is 5.69. The van der Waals surface area contributed by atoms with Crippen molar-refractivity contribution in [1.82, 2.24) is 10.4 Å². The Morgan fingerprint density at radius 3 is 2.78 bits per heavy atom. The van der Waals surface area contributed by atoms with Crippen molar-refractivity contribution in [3.05, 3.63) is 63.9 Å². The number of benzene rings is 1. The number of nitrogens with two attached hydrogens (primary N) is 1. The smallest absolute Gasteiger partial charge is 0.0725 e. The van der Waals surface area contributed by atoms with E-state index in [1.54, 1.807) is 6.20 Å². The lowest BCUT2D eigenvalue weighted by Gasteiger charge is -2.17. The molecule has 0 fully saturated rings. The molecule has 0 saturated heterocycles. The highest BCUT2D eigenvalue weighted by molar-refractivity contribution is 9.10. The largest absolute Gasteiger partial charge is 0.271 e. The molecule has 94 valence electrons. The molecule has 3 nitrogen and oxygen atoms in total. The number of aryl methyl sites for hydroxylation is 1. The average Bonchev–Trinajstić information content (AvgIpc) is 2.40. The lowest BCUT2D eigenvalue weighted by atomic mass is 9.98. The summed E-state index contributed by atoms with van der Waals surface area (Å²) in [6, 6.07) is 10.4. The van der Waals surface area contributed by atoms with Crippen molar-refractivity contribution in [2.75, 3.05) is 0 Å². The molecular formula is C14H16BrN3. The second-order valence-electron chi connectivity index (χ2n) is 4.13. The molecule has 0 amide bonds. The van der Waals surface area contributed by atoms with Gasteiger partial charge in [-0.1, -0.05) is 31.2 Å². The van der Waals surface area contributed by atoms with Crippen LogP contribution in [0.4, 0.5) is 0 Å². The van der Waals surface area contributed by atoms with Crippen LogP contribution in [0.5, 0.6) is 0 Å². The molecule has 0 bridgehead atoms. The van der Waals surface area contributed by atoms with Gasteiger partial charge in [-0.15, -0.1) is 0 Å². The van der Waals surface area contributed by atoms with Gasteiger partial charge in [-0.3, -0.25) is 10.8 Å². The number of nitrogens with zero attached hydrogens (tertiary/aromatic N) is 1. The average molecular weight is 306 g/mol. The van der Waals surface area contributed by atoms with Crippen LogP contribution in [0.25, 0.3) is 0 Å². The maximum Gasteiger partial charge on any atom is 0.0725 e. The Bertz CT molecular complexity index is 528. The second-order valence-corrected chi connectivity index (χ2v) is 5.05. The Kier molecular flexibility index (Phi) is 4.47. The third kappa shape index (κ3) is 2.96. The Morgan fingerprint density at radius 1 is 1.28 bits per heavy atom. The summed E-state index contributed by atoms with van der Waals surface area (Å²) in [7, 11) is 0. The molecule has 0 aliphatic rings. The number of hydrogen-bond acceptors (Lipinski definition) is 3. The van der Waals surface area contributed by atoms with Crippen LogP contribution in [0.2, 0.25) is 0 Å². The number of aromatic nitrogens is 1. The topological polar surface area (TPSA) is 50.9 Å². The van der Waals surface area contributed by atoms with Crippen LogP contribution in [0.1, 0.15) is 29.7 Å². The summed E-state index contributed by atoms with van der Waals surface area (Å²) in [5, 5.41) is 0. The first-order chi connectivity index (χ1) is 8.74. The molecular weight excluding hydrogens is 290 g/mol. The fraction of sp³-hybridized carbons (Fsp3) is 0.214. The van der Waals surface area contributed by atoms with E-state index in [-0.39, 0.29) is 6.04 Å². The molecule has 1 aromatic carbocycles. The number of nitrogens with one attached hydrogen (secondary N) is 1. The molecule has 0 aliphatic carbocycles. The summed E-state index contributed by atoms with van der Waals surface area (Å²) in [4.78, 5) is 4.18. The van der Waals surface area contributed by atoms with Crippen molar-refractivity contribution in [2.24, 2.45) is 5.84 Å². The standard InChI is InChI=1S/C14H16BrN3/c1-2-10-4-3-5-11(6-10)14(18-16)12-7-13(15)9-17-8-12/h3-9,14,18H,2,16H2,1H3. The molecule has 1 unspecified atom stereocenters. The van der Waals surface area contributed by atoms with E-state index in [2.05, 4.69) is 57.5 Å². The van der Waals surface area contributed by atoms with Gasteiger partial charge >= 0.3 is 0 Å². The highest BCUT2D eigenvalue weighted by Crippen LogP contribution is 2.23. The van der Waals surface area contributed by atoms with Crippen molar-refractivity contribution in [3.63, 3.8) is 0 Å². The van der Waals surface area contributed by atoms with Crippen LogP contribution < -0.4 is 11.3 Å². The molecule has 1 heterocycles. The first-order valence-corrected chi connectivity index (χ1v) is 6.69. The van der Waals surface area contributed by atoms with Gasteiger partial charge in [0.2, 0.25) is 0 Å². The molecule has 0 aliphatic heterocycles. The molecule has 4 heteroatoms. The second kappa shape index (κ2) is 6.09. The van der Waals surface area contributed by atoms with E-state index in [9.17, 15) is 0 Å². The van der Waals surface area contributed by atoms with Crippen LogP contribution in [0.3, 0.4) is 0 Å². The zero-order valence-corrected chi connectivity index (χ0v) is 11.8. The number of rotatable bonds is 4. The minimum atomic E-state index is -0.0403. The quantitative estimate of drug-likeness (QED) is 0.674. The van der Waals surface area contributed by atoms with Crippen molar-refractivity contribution in [3.8, 4) is 0 Å². The van der Waals surface area contributed by atoms with Crippen molar-refractivity contribution in [2.45, 2.75) is 19.4 Å². The lowest BCUT2D eigenvalue weighted by Crippen LogP contribution is -2.29. The Hall–Kier alpha value is -1.23. The van der Waals surface area contributed by atoms with E-state index in [0.29, 0.717) is 0 Å². The number of hydrazine groups is 1. The predicted octanol–water partition coefficient (Wildman–Crippen LogP) is 2.96. The fourth-order valence-corrected chi connectivity index (χ4v) is 2.35. The maximum absolute atomic E-state index is 5.69. The molecule has 0 spiro atoms. The minimum absolute atomic E-state index is 0.0403. The third-order valence-corrected chi connectivity index (χ3v) is 3.35. The summed E-state index contributed by atoms with van der Waals surface area (Å²) in [6.07, 6.45) is 4.61. The summed E-state index contributed by atoms with van der Waals surface area (Å²) < 4.78 is 0.951. The molecule has 2 rings (SSSR count). The summed E-state index contributed by atoms with van der Waals surface area (Å²) >= 11 is 3.43. The Morgan fingerprint density at radius 2 is 2.11 bits per heavy atom. The van der Waals surface area contributed by atoms with Gasteiger partial charge in [0, 0.05) is 16.9 Å². The van der Waals surface area contributed by atoms with Crippen LogP contribution in [-0.2, 0) is 6.42 Å². The van der Waals surface area contributed by atoms with Gasteiger partial charge in [0.25, 0.3) is 0 Å².